The first-order valence-electron chi connectivity index (χ1n) is 5.44. The highest BCUT2D eigenvalue weighted by molar-refractivity contribution is 5.67. The number of phenols is 1. The molecule has 0 aliphatic carbocycles. The maximum Gasteiger partial charge on any atom is 0.262 e. The number of aromatic nitrogens is 4. The number of nitrogen functional groups attached to an aromatic ring is 1. The van der Waals surface area contributed by atoms with E-state index in [0.29, 0.717) is 17.1 Å². The van der Waals surface area contributed by atoms with Crippen molar-refractivity contribution >= 4 is 5.69 Å². The molecule has 0 amide bonds. The van der Waals surface area contributed by atoms with Crippen molar-refractivity contribution in [1.29, 1.82) is 0 Å². The van der Waals surface area contributed by atoms with E-state index in [1.54, 1.807) is 30.6 Å². The second kappa shape index (κ2) is 4.37. The lowest BCUT2D eigenvalue weighted by Crippen LogP contribution is -1.89. The Hall–Kier alpha value is -2.96. The van der Waals surface area contributed by atoms with Gasteiger partial charge in [0, 0.05) is 24.1 Å². The highest BCUT2D eigenvalue weighted by Gasteiger charge is 2.15. The second-order valence-electron chi connectivity index (χ2n) is 3.77. The number of phenolic OH excluding ortho intramolecular Hbond substituents is 1. The van der Waals surface area contributed by atoms with Gasteiger partial charge < -0.3 is 15.4 Å². The van der Waals surface area contributed by atoms with Crippen molar-refractivity contribution in [3.63, 3.8) is 0 Å². The topological polar surface area (TPSA) is 111 Å². The molecule has 3 aromatic rings. The van der Waals surface area contributed by atoms with Crippen LogP contribution in [0.25, 0.3) is 23.1 Å². The Bertz CT molecular complexity index is 711. The number of hydrogen-bond acceptors (Lipinski definition) is 7. The van der Waals surface area contributed by atoms with Gasteiger partial charge in [-0.1, -0.05) is 5.16 Å². The Kier molecular flexibility index (Phi) is 2.57. The predicted octanol–water partition coefficient (Wildman–Crippen LogP) is 1.48. The minimum atomic E-state index is -0.0239. The first-order valence-corrected chi connectivity index (χ1v) is 5.44. The van der Waals surface area contributed by atoms with Gasteiger partial charge in [0.1, 0.15) is 5.75 Å². The lowest BCUT2D eigenvalue weighted by molar-refractivity contribution is 0.425. The van der Waals surface area contributed by atoms with Gasteiger partial charge in [0.2, 0.25) is 11.6 Å². The molecule has 3 N–H and O–H groups in total. The van der Waals surface area contributed by atoms with Crippen LogP contribution in [0.4, 0.5) is 5.69 Å². The first kappa shape index (κ1) is 11.1. The summed E-state index contributed by atoms with van der Waals surface area (Å²) >= 11 is 0. The number of rotatable bonds is 2. The van der Waals surface area contributed by atoms with Crippen molar-refractivity contribution < 1.29 is 9.63 Å². The van der Waals surface area contributed by atoms with Crippen molar-refractivity contribution in [2.75, 3.05) is 5.73 Å². The van der Waals surface area contributed by atoms with Crippen LogP contribution >= 0.6 is 0 Å². The minimum absolute atomic E-state index is 0.0239. The normalized spacial score (nSPS) is 10.5. The molecule has 7 nitrogen and oxygen atoms in total. The molecule has 0 unspecified atom stereocenters. The quantitative estimate of drug-likeness (QED) is 0.667. The molecule has 19 heavy (non-hydrogen) atoms. The molecule has 0 bridgehead atoms. The van der Waals surface area contributed by atoms with E-state index in [1.165, 1.54) is 6.07 Å². The smallest absolute Gasteiger partial charge is 0.262 e. The SMILES string of the molecule is Nc1ccc(-c2nc(-c3ncccn3)no2)c(O)c1. The summed E-state index contributed by atoms with van der Waals surface area (Å²) in [4.78, 5) is 12.2. The molecule has 0 atom stereocenters. The summed E-state index contributed by atoms with van der Waals surface area (Å²) in [5.74, 6) is 0.767. The molecule has 0 saturated carbocycles. The van der Waals surface area contributed by atoms with Gasteiger partial charge in [0.25, 0.3) is 5.89 Å². The van der Waals surface area contributed by atoms with Crippen LogP contribution in [0.5, 0.6) is 5.75 Å². The van der Waals surface area contributed by atoms with E-state index < -0.39 is 0 Å². The van der Waals surface area contributed by atoms with E-state index in [9.17, 15) is 5.11 Å². The maximum atomic E-state index is 9.79. The van der Waals surface area contributed by atoms with Gasteiger partial charge in [-0.2, -0.15) is 4.98 Å². The third-order valence-electron chi connectivity index (χ3n) is 2.44. The number of aromatic hydroxyl groups is 1. The van der Waals surface area contributed by atoms with Gasteiger partial charge in [-0.05, 0) is 18.2 Å². The molecule has 0 radical (unpaired) electrons. The molecule has 0 saturated heterocycles. The molecule has 2 heterocycles. The number of nitrogens with zero attached hydrogens (tertiary/aromatic N) is 4. The van der Waals surface area contributed by atoms with E-state index in [0.717, 1.165) is 0 Å². The van der Waals surface area contributed by atoms with Crippen LogP contribution in [0.1, 0.15) is 0 Å². The van der Waals surface area contributed by atoms with Crippen molar-refractivity contribution in [3.05, 3.63) is 36.7 Å². The fourth-order valence-electron chi connectivity index (χ4n) is 1.57. The molecule has 0 aliphatic rings. The molecular formula is C12H9N5O2. The number of anilines is 1. The van der Waals surface area contributed by atoms with Crippen molar-refractivity contribution in [2.24, 2.45) is 0 Å². The van der Waals surface area contributed by atoms with Crippen molar-refractivity contribution in [2.45, 2.75) is 0 Å². The molecule has 0 fully saturated rings. The molecule has 94 valence electrons. The molecule has 0 aliphatic heterocycles. The summed E-state index contributed by atoms with van der Waals surface area (Å²) < 4.78 is 5.08. The summed E-state index contributed by atoms with van der Waals surface area (Å²) in [6.07, 6.45) is 3.16. The standard InChI is InChI=1S/C12H9N5O2/c13-7-2-3-8(9(18)6-7)12-16-11(17-19-12)10-14-4-1-5-15-10/h1-6,18H,13H2. The number of hydrogen-bond donors (Lipinski definition) is 2. The van der Waals surface area contributed by atoms with E-state index >= 15 is 0 Å². The van der Waals surface area contributed by atoms with E-state index in [-0.39, 0.29) is 17.5 Å². The lowest BCUT2D eigenvalue weighted by atomic mass is 10.2. The number of nitrogens with two attached hydrogens (primary N) is 1. The van der Waals surface area contributed by atoms with Crippen LogP contribution in [-0.2, 0) is 0 Å². The Labute approximate surface area is 107 Å². The average molecular weight is 255 g/mol. The summed E-state index contributed by atoms with van der Waals surface area (Å²) in [5.41, 5.74) is 6.41. The van der Waals surface area contributed by atoms with Crippen molar-refractivity contribution in [1.82, 2.24) is 20.1 Å². The Morgan fingerprint density at radius 1 is 1.11 bits per heavy atom. The monoisotopic (exact) mass is 255 g/mol. The van der Waals surface area contributed by atoms with E-state index in [1.807, 2.05) is 0 Å². The van der Waals surface area contributed by atoms with Crippen LogP contribution < -0.4 is 5.73 Å². The van der Waals surface area contributed by atoms with Crippen LogP contribution in [0.15, 0.2) is 41.2 Å². The largest absolute Gasteiger partial charge is 0.507 e. The number of benzene rings is 1. The van der Waals surface area contributed by atoms with Gasteiger partial charge in [0.05, 0.1) is 5.56 Å². The van der Waals surface area contributed by atoms with Gasteiger partial charge in [-0.15, -0.1) is 0 Å². The Balaban J connectivity index is 2.02. The van der Waals surface area contributed by atoms with Crippen LogP contribution in [0.2, 0.25) is 0 Å². The van der Waals surface area contributed by atoms with Crippen LogP contribution in [0.3, 0.4) is 0 Å². The summed E-state index contributed by atoms with van der Waals surface area (Å²) in [6, 6.07) is 6.35. The van der Waals surface area contributed by atoms with Crippen molar-refractivity contribution in [3.8, 4) is 28.9 Å². The van der Waals surface area contributed by atoms with Gasteiger partial charge >= 0.3 is 0 Å². The van der Waals surface area contributed by atoms with Crippen LogP contribution in [0, 0.1) is 0 Å². The molecule has 7 heteroatoms. The highest BCUT2D eigenvalue weighted by Crippen LogP contribution is 2.30. The summed E-state index contributed by atoms with van der Waals surface area (Å²) in [6.45, 7) is 0. The fraction of sp³-hybridized carbons (Fsp3) is 0. The summed E-state index contributed by atoms with van der Waals surface area (Å²) in [5, 5.41) is 13.6. The van der Waals surface area contributed by atoms with Crippen LogP contribution in [-0.4, -0.2) is 25.2 Å². The zero-order valence-electron chi connectivity index (χ0n) is 9.69. The van der Waals surface area contributed by atoms with E-state index in [2.05, 4.69) is 20.1 Å². The minimum Gasteiger partial charge on any atom is -0.507 e. The highest BCUT2D eigenvalue weighted by atomic mass is 16.5. The summed E-state index contributed by atoms with van der Waals surface area (Å²) in [7, 11) is 0. The zero-order valence-corrected chi connectivity index (χ0v) is 9.69. The first-order chi connectivity index (χ1) is 9.24. The molecular weight excluding hydrogens is 246 g/mol. The van der Waals surface area contributed by atoms with E-state index in [4.69, 9.17) is 10.3 Å². The fourth-order valence-corrected chi connectivity index (χ4v) is 1.57. The Morgan fingerprint density at radius 2 is 1.89 bits per heavy atom. The zero-order chi connectivity index (χ0) is 13.2. The second-order valence-corrected chi connectivity index (χ2v) is 3.77. The molecule has 2 aromatic heterocycles. The van der Waals surface area contributed by atoms with Gasteiger partial charge in [0.15, 0.2) is 0 Å². The molecule has 3 rings (SSSR count). The average Bonchev–Trinajstić information content (AvgIpc) is 2.89. The predicted molar refractivity (Wildman–Crippen MR) is 66.8 cm³/mol. The maximum absolute atomic E-state index is 9.79. The lowest BCUT2D eigenvalue weighted by Gasteiger charge is -1.99. The third kappa shape index (κ3) is 2.08. The molecule has 1 aromatic carbocycles. The Morgan fingerprint density at radius 3 is 2.63 bits per heavy atom. The van der Waals surface area contributed by atoms with Gasteiger partial charge in [-0.3, -0.25) is 0 Å². The molecule has 0 spiro atoms. The van der Waals surface area contributed by atoms with Gasteiger partial charge in [-0.25, -0.2) is 9.97 Å². The third-order valence-corrected chi connectivity index (χ3v) is 2.44.